The van der Waals surface area contributed by atoms with Crippen molar-refractivity contribution in [3.8, 4) is 5.69 Å². The maximum atomic E-state index is 4.31. The van der Waals surface area contributed by atoms with E-state index in [4.69, 9.17) is 0 Å². The molecule has 23 heavy (non-hydrogen) atoms. The van der Waals surface area contributed by atoms with Crippen molar-refractivity contribution in [2.75, 3.05) is 23.7 Å². The molecule has 8 heteroatoms. The summed E-state index contributed by atoms with van der Waals surface area (Å²) >= 11 is 3.44. The van der Waals surface area contributed by atoms with Gasteiger partial charge in [0, 0.05) is 23.8 Å². The molecule has 0 saturated heterocycles. The van der Waals surface area contributed by atoms with Gasteiger partial charge in [-0.25, -0.2) is 4.98 Å². The number of para-hydroxylation sites is 1. The Morgan fingerprint density at radius 1 is 1.13 bits per heavy atom. The minimum atomic E-state index is 0.609. The average Bonchev–Trinajstić information content (AvgIpc) is 3.04. The van der Waals surface area contributed by atoms with Crippen LogP contribution in [0.1, 0.15) is 5.56 Å². The van der Waals surface area contributed by atoms with Crippen LogP contribution in [-0.4, -0.2) is 38.3 Å². The molecule has 118 valence electrons. The quantitative estimate of drug-likeness (QED) is 0.646. The molecule has 7 nitrogen and oxygen atoms in total. The van der Waals surface area contributed by atoms with Gasteiger partial charge in [-0.15, -0.1) is 0 Å². The van der Waals surface area contributed by atoms with Crippen LogP contribution in [0.5, 0.6) is 0 Å². The van der Waals surface area contributed by atoms with Crippen molar-refractivity contribution >= 4 is 27.7 Å². The van der Waals surface area contributed by atoms with E-state index in [9.17, 15) is 0 Å². The minimum absolute atomic E-state index is 0.609. The monoisotopic (exact) mass is 373 g/mol. The third kappa shape index (κ3) is 3.84. The van der Waals surface area contributed by atoms with Crippen LogP contribution in [0.4, 0.5) is 11.8 Å². The van der Waals surface area contributed by atoms with Gasteiger partial charge in [-0.3, -0.25) is 0 Å². The first-order valence-electron chi connectivity index (χ1n) is 7.18. The molecule has 2 aromatic heterocycles. The lowest BCUT2D eigenvalue weighted by atomic mass is 10.3. The van der Waals surface area contributed by atoms with Crippen LogP contribution in [0.15, 0.2) is 47.1 Å². The minimum Gasteiger partial charge on any atom is -0.368 e. The molecule has 0 bridgehead atoms. The Labute approximate surface area is 142 Å². The molecule has 0 aliphatic heterocycles. The molecule has 0 fully saturated rings. The Hall–Kier alpha value is -2.48. The standard InChI is InChI=1S/C15H16BrN7/c1-11-9-14(19-10-13(11)16)17-7-8-18-15-20-21-22-23(15)12-5-3-2-4-6-12/h2-6,9-10H,7-8H2,1H3,(H,17,19)(H,18,20,22). The number of tetrazole rings is 1. The average molecular weight is 374 g/mol. The Morgan fingerprint density at radius 3 is 2.70 bits per heavy atom. The van der Waals surface area contributed by atoms with Gasteiger partial charge in [0.25, 0.3) is 0 Å². The smallest absolute Gasteiger partial charge is 0.247 e. The number of halogens is 1. The Bertz CT molecular complexity index is 773. The lowest BCUT2D eigenvalue weighted by Crippen LogP contribution is -2.17. The summed E-state index contributed by atoms with van der Waals surface area (Å²) in [5, 5.41) is 18.2. The molecule has 0 amide bonds. The summed E-state index contributed by atoms with van der Waals surface area (Å²) in [4.78, 5) is 4.31. The molecule has 3 rings (SSSR count). The number of aromatic nitrogens is 5. The zero-order valence-electron chi connectivity index (χ0n) is 12.6. The fourth-order valence-corrected chi connectivity index (χ4v) is 2.26. The molecule has 0 radical (unpaired) electrons. The van der Waals surface area contributed by atoms with Crippen LogP contribution in [-0.2, 0) is 0 Å². The first-order valence-corrected chi connectivity index (χ1v) is 7.97. The third-order valence-electron chi connectivity index (χ3n) is 3.23. The number of nitrogens with one attached hydrogen (secondary N) is 2. The summed E-state index contributed by atoms with van der Waals surface area (Å²) in [5.41, 5.74) is 2.06. The second-order valence-electron chi connectivity index (χ2n) is 4.92. The van der Waals surface area contributed by atoms with E-state index in [2.05, 4.69) is 47.1 Å². The number of anilines is 2. The van der Waals surface area contributed by atoms with Crippen LogP contribution in [0.2, 0.25) is 0 Å². The number of aryl methyl sites for hydroxylation is 1. The fourth-order valence-electron chi connectivity index (χ4n) is 2.04. The zero-order valence-corrected chi connectivity index (χ0v) is 14.2. The number of rotatable bonds is 6. The van der Waals surface area contributed by atoms with Gasteiger partial charge in [0.15, 0.2) is 0 Å². The summed E-state index contributed by atoms with van der Waals surface area (Å²) in [6.07, 6.45) is 1.79. The van der Waals surface area contributed by atoms with Gasteiger partial charge in [-0.2, -0.15) is 4.68 Å². The Kier molecular flexibility index (Phi) is 4.82. The van der Waals surface area contributed by atoms with E-state index in [0.29, 0.717) is 19.0 Å². The second kappa shape index (κ2) is 7.19. The number of hydrogen-bond acceptors (Lipinski definition) is 6. The topological polar surface area (TPSA) is 80.5 Å². The highest BCUT2D eigenvalue weighted by molar-refractivity contribution is 9.10. The molecule has 2 heterocycles. The molecular formula is C15H16BrN7. The summed E-state index contributed by atoms with van der Waals surface area (Å²) in [5.74, 6) is 1.45. The fraction of sp³-hybridized carbons (Fsp3) is 0.200. The van der Waals surface area contributed by atoms with Crippen LogP contribution in [0.3, 0.4) is 0 Å². The van der Waals surface area contributed by atoms with Crippen molar-refractivity contribution in [2.45, 2.75) is 6.92 Å². The number of nitrogens with zero attached hydrogens (tertiary/aromatic N) is 5. The third-order valence-corrected chi connectivity index (χ3v) is 4.06. The SMILES string of the molecule is Cc1cc(NCCNc2nnnn2-c2ccccc2)ncc1Br. The molecule has 0 atom stereocenters. The van der Waals surface area contributed by atoms with Crippen LogP contribution in [0.25, 0.3) is 5.69 Å². The van der Waals surface area contributed by atoms with Crippen LogP contribution < -0.4 is 10.6 Å². The van der Waals surface area contributed by atoms with E-state index in [-0.39, 0.29) is 0 Å². The highest BCUT2D eigenvalue weighted by Gasteiger charge is 2.06. The van der Waals surface area contributed by atoms with E-state index in [1.165, 1.54) is 0 Å². The van der Waals surface area contributed by atoms with Crippen molar-refractivity contribution in [3.63, 3.8) is 0 Å². The van der Waals surface area contributed by atoms with Crippen molar-refractivity contribution in [1.82, 2.24) is 25.2 Å². The van der Waals surface area contributed by atoms with Gasteiger partial charge in [0.05, 0.1) is 5.69 Å². The van der Waals surface area contributed by atoms with Crippen molar-refractivity contribution in [1.29, 1.82) is 0 Å². The second-order valence-corrected chi connectivity index (χ2v) is 5.78. The Balaban J connectivity index is 1.55. The molecule has 0 spiro atoms. The maximum Gasteiger partial charge on any atom is 0.247 e. The van der Waals surface area contributed by atoms with E-state index >= 15 is 0 Å². The van der Waals surface area contributed by atoms with Crippen molar-refractivity contribution in [2.24, 2.45) is 0 Å². The number of hydrogen-bond donors (Lipinski definition) is 2. The maximum absolute atomic E-state index is 4.31. The molecule has 0 aliphatic carbocycles. The lowest BCUT2D eigenvalue weighted by molar-refractivity contribution is 0.789. The molecule has 2 N–H and O–H groups in total. The summed E-state index contributed by atoms with van der Waals surface area (Å²) in [7, 11) is 0. The highest BCUT2D eigenvalue weighted by Crippen LogP contribution is 2.17. The van der Waals surface area contributed by atoms with Gasteiger partial charge < -0.3 is 10.6 Å². The van der Waals surface area contributed by atoms with Crippen LogP contribution in [0, 0.1) is 6.92 Å². The van der Waals surface area contributed by atoms with Crippen LogP contribution >= 0.6 is 15.9 Å². The van der Waals surface area contributed by atoms with E-state index in [1.54, 1.807) is 10.9 Å². The van der Waals surface area contributed by atoms with Gasteiger partial charge in [-0.05, 0) is 57.0 Å². The van der Waals surface area contributed by atoms with E-state index in [1.807, 2.05) is 43.3 Å². The predicted octanol–water partition coefficient (Wildman–Crippen LogP) is 2.65. The number of benzene rings is 1. The first kappa shape index (κ1) is 15.4. The van der Waals surface area contributed by atoms with E-state index in [0.717, 1.165) is 21.5 Å². The molecule has 3 aromatic rings. The van der Waals surface area contributed by atoms with E-state index < -0.39 is 0 Å². The summed E-state index contributed by atoms with van der Waals surface area (Å²) in [6.45, 7) is 3.41. The summed E-state index contributed by atoms with van der Waals surface area (Å²) < 4.78 is 2.67. The molecule has 1 aromatic carbocycles. The summed E-state index contributed by atoms with van der Waals surface area (Å²) in [6, 6.07) is 11.8. The van der Waals surface area contributed by atoms with Gasteiger partial charge in [0.1, 0.15) is 5.82 Å². The first-order chi connectivity index (χ1) is 11.2. The normalized spacial score (nSPS) is 10.5. The molecular weight excluding hydrogens is 358 g/mol. The predicted molar refractivity (Wildman–Crippen MR) is 92.8 cm³/mol. The highest BCUT2D eigenvalue weighted by atomic mass is 79.9. The molecule has 0 aliphatic rings. The van der Waals surface area contributed by atoms with Gasteiger partial charge in [-0.1, -0.05) is 23.3 Å². The van der Waals surface area contributed by atoms with Crippen molar-refractivity contribution < 1.29 is 0 Å². The van der Waals surface area contributed by atoms with Gasteiger partial charge in [0.2, 0.25) is 5.95 Å². The molecule has 0 unspecified atom stereocenters. The van der Waals surface area contributed by atoms with Gasteiger partial charge >= 0.3 is 0 Å². The van der Waals surface area contributed by atoms with Crippen molar-refractivity contribution in [3.05, 3.63) is 52.6 Å². The largest absolute Gasteiger partial charge is 0.368 e. The Morgan fingerprint density at radius 2 is 1.91 bits per heavy atom. The zero-order chi connectivity index (χ0) is 16.1. The molecule has 0 saturated carbocycles. The lowest BCUT2D eigenvalue weighted by Gasteiger charge is -2.09. The number of pyridine rings is 1.